The zero-order valence-corrected chi connectivity index (χ0v) is 12.9. The van der Waals surface area contributed by atoms with Gasteiger partial charge >= 0.3 is 0 Å². The second-order valence-electron chi connectivity index (χ2n) is 6.72. The van der Waals surface area contributed by atoms with Crippen LogP contribution in [0.2, 0.25) is 0 Å². The first-order valence-corrected chi connectivity index (χ1v) is 8.45. The summed E-state index contributed by atoms with van der Waals surface area (Å²) in [6, 6.07) is 22.5. The Morgan fingerprint density at radius 2 is 1.59 bits per heavy atom. The van der Waals surface area contributed by atoms with E-state index >= 15 is 0 Å². The highest BCUT2D eigenvalue weighted by molar-refractivity contribution is 5.52. The molecule has 2 aromatic rings. The summed E-state index contributed by atoms with van der Waals surface area (Å²) in [6.07, 6.45) is 7.47. The van der Waals surface area contributed by atoms with Gasteiger partial charge in [0.25, 0.3) is 0 Å². The van der Waals surface area contributed by atoms with Crippen molar-refractivity contribution in [1.82, 2.24) is 5.32 Å². The van der Waals surface area contributed by atoms with Crippen LogP contribution in [0.25, 0.3) is 6.08 Å². The first-order chi connectivity index (χ1) is 10.9. The molecule has 3 atom stereocenters. The van der Waals surface area contributed by atoms with E-state index in [9.17, 15) is 0 Å². The molecule has 2 aliphatic rings. The largest absolute Gasteiger partial charge is 0.386 e. The molecule has 0 aromatic heterocycles. The first kappa shape index (κ1) is 13.6. The monoisotopic (exact) mass is 289 g/mol. The van der Waals surface area contributed by atoms with Gasteiger partial charge in [-0.05, 0) is 54.7 Å². The second kappa shape index (κ2) is 6.00. The molecular weight excluding hydrogens is 266 g/mol. The summed E-state index contributed by atoms with van der Waals surface area (Å²) in [5, 5.41) is 3.77. The van der Waals surface area contributed by atoms with Gasteiger partial charge in [-0.15, -0.1) is 0 Å². The quantitative estimate of drug-likeness (QED) is 0.822. The molecule has 1 heterocycles. The summed E-state index contributed by atoms with van der Waals surface area (Å²) in [4.78, 5) is 0. The van der Waals surface area contributed by atoms with E-state index in [1.807, 2.05) is 0 Å². The van der Waals surface area contributed by atoms with E-state index in [2.05, 4.69) is 72.1 Å². The molecule has 1 saturated carbocycles. The van der Waals surface area contributed by atoms with Gasteiger partial charge in [0, 0.05) is 11.7 Å². The molecule has 2 aromatic carbocycles. The third-order valence-electron chi connectivity index (χ3n) is 5.22. The lowest BCUT2D eigenvalue weighted by molar-refractivity contribution is 0.221. The number of allylic oxidation sites excluding steroid dienone is 1. The lowest BCUT2D eigenvalue weighted by Crippen LogP contribution is -2.42. The Morgan fingerprint density at radius 3 is 2.36 bits per heavy atom. The summed E-state index contributed by atoms with van der Waals surface area (Å²) < 4.78 is 0. The van der Waals surface area contributed by atoms with Gasteiger partial charge in [0.2, 0.25) is 0 Å². The van der Waals surface area contributed by atoms with Crippen LogP contribution < -0.4 is 5.32 Å². The van der Waals surface area contributed by atoms with Gasteiger partial charge in [0.1, 0.15) is 0 Å². The molecule has 3 unspecified atom stereocenters. The van der Waals surface area contributed by atoms with Crippen molar-refractivity contribution >= 4 is 6.08 Å². The molecule has 0 radical (unpaired) electrons. The Hall–Kier alpha value is -2.02. The minimum absolute atomic E-state index is 0.675. The van der Waals surface area contributed by atoms with Crippen LogP contribution in [0, 0.1) is 5.92 Å². The number of piperidine rings is 1. The Bertz CT molecular complexity index is 644. The molecule has 1 aliphatic heterocycles. The third kappa shape index (κ3) is 2.81. The maximum atomic E-state index is 3.77. The predicted molar refractivity (Wildman–Crippen MR) is 92.5 cm³/mol. The summed E-state index contributed by atoms with van der Waals surface area (Å²) >= 11 is 0. The van der Waals surface area contributed by atoms with E-state index in [0.29, 0.717) is 6.04 Å². The van der Waals surface area contributed by atoms with Crippen LogP contribution in [0.3, 0.4) is 0 Å². The van der Waals surface area contributed by atoms with Crippen molar-refractivity contribution in [2.24, 2.45) is 5.92 Å². The normalized spacial score (nSPS) is 29.1. The van der Waals surface area contributed by atoms with Crippen LogP contribution in [0.15, 0.2) is 66.4 Å². The molecule has 22 heavy (non-hydrogen) atoms. The van der Waals surface area contributed by atoms with Crippen LogP contribution >= 0.6 is 0 Å². The lowest BCUT2D eigenvalue weighted by atomic mass is 9.69. The summed E-state index contributed by atoms with van der Waals surface area (Å²) in [7, 11) is 0. The van der Waals surface area contributed by atoms with Crippen molar-refractivity contribution in [1.29, 1.82) is 0 Å². The smallest absolute Gasteiger partial charge is 0.0261 e. The van der Waals surface area contributed by atoms with Crippen molar-refractivity contribution in [2.75, 3.05) is 0 Å². The Morgan fingerprint density at radius 1 is 0.864 bits per heavy atom. The van der Waals surface area contributed by atoms with E-state index in [4.69, 9.17) is 0 Å². The highest BCUT2D eigenvalue weighted by atomic mass is 14.9. The van der Waals surface area contributed by atoms with Gasteiger partial charge in [0.05, 0.1) is 0 Å². The van der Waals surface area contributed by atoms with Crippen LogP contribution in [0.5, 0.6) is 0 Å². The molecule has 0 spiro atoms. The van der Waals surface area contributed by atoms with Crippen LogP contribution in [-0.4, -0.2) is 6.04 Å². The topological polar surface area (TPSA) is 12.0 Å². The molecule has 1 heteroatoms. The van der Waals surface area contributed by atoms with Gasteiger partial charge in [-0.2, -0.15) is 0 Å². The molecular formula is C21H23N. The van der Waals surface area contributed by atoms with Crippen LogP contribution in [0.4, 0.5) is 0 Å². The summed E-state index contributed by atoms with van der Waals surface area (Å²) in [6.45, 7) is 0. The van der Waals surface area contributed by atoms with E-state index in [-0.39, 0.29) is 0 Å². The highest BCUT2D eigenvalue weighted by Crippen LogP contribution is 2.43. The first-order valence-electron chi connectivity index (χ1n) is 8.45. The SMILES string of the molecule is C(=C1\CC2CC(CCC2c2ccccc2)N1)/c1ccccc1. The molecule has 1 saturated heterocycles. The number of hydrogen-bond donors (Lipinski definition) is 1. The summed E-state index contributed by atoms with van der Waals surface area (Å²) in [5.74, 6) is 1.52. The van der Waals surface area contributed by atoms with Crippen molar-refractivity contribution in [3.05, 3.63) is 77.5 Å². The molecule has 1 aliphatic carbocycles. The zero-order chi connectivity index (χ0) is 14.8. The maximum Gasteiger partial charge on any atom is 0.0261 e. The molecule has 2 fully saturated rings. The van der Waals surface area contributed by atoms with Crippen molar-refractivity contribution < 1.29 is 0 Å². The highest BCUT2D eigenvalue weighted by Gasteiger charge is 2.35. The van der Waals surface area contributed by atoms with Gasteiger partial charge in [-0.1, -0.05) is 60.7 Å². The fraction of sp³-hybridized carbons (Fsp3) is 0.333. The van der Waals surface area contributed by atoms with Crippen LogP contribution in [0.1, 0.15) is 42.7 Å². The number of rotatable bonds is 2. The lowest BCUT2D eigenvalue weighted by Gasteiger charge is -2.42. The average molecular weight is 289 g/mol. The average Bonchev–Trinajstić information content (AvgIpc) is 2.57. The minimum Gasteiger partial charge on any atom is -0.386 e. The second-order valence-corrected chi connectivity index (χ2v) is 6.72. The molecule has 2 bridgehead atoms. The number of hydrogen-bond acceptors (Lipinski definition) is 1. The number of nitrogens with one attached hydrogen (secondary N) is 1. The molecule has 1 nitrogen and oxygen atoms in total. The molecule has 0 amide bonds. The Labute approximate surface area is 133 Å². The molecule has 1 N–H and O–H groups in total. The maximum absolute atomic E-state index is 3.77. The molecule has 4 rings (SSSR count). The van der Waals surface area contributed by atoms with Crippen molar-refractivity contribution in [3.63, 3.8) is 0 Å². The van der Waals surface area contributed by atoms with Gasteiger partial charge < -0.3 is 5.32 Å². The fourth-order valence-corrected chi connectivity index (χ4v) is 4.21. The van der Waals surface area contributed by atoms with E-state index in [0.717, 1.165) is 11.8 Å². The standard InChI is InChI=1S/C21H23N/c1-3-7-16(8-4-1)13-20-15-18-14-19(22-20)11-12-21(18)17-9-5-2-6-10-17/h1-10,13,18-19,21-22H,11-12,14-15H2/b20-13-. The zero-order valence-electron chi connectivity index (χ0n) is 12.9. The van der Waals surface area contributed by atoms with Gasteiger partial charge in [0.15, 0.2) is 0 Å². The molecule has 112 valence electrons. The number of benzene rings is 2. The van der Waals surface area contributed by atoms with E-state index in [1.165, 1.54) is 42.5 Å². The fourth-order valence-electron chi connectivity index (χ4n) is 4.21. The summed E-state index contributed by atoms with van der Waals surface area (Å²) in [5.41, 5.74) is 4.27. The van der Waals surface area contributed by atoms with Crippen LogP contribution in [-0.2, 0) is 0 Å². The van der Waals surface area contributed by atoms with Crippen molar-refractivity contribution in [3.8, 4) is 0 Å². The van der Waals surface area contributed by atoms with Gasteiger partial charge in [-0.3, -0.25) is 0 Å². The number of fused-ring (bicyclic) bond motifs is 2. The third-order valence-corrected chi connectivity index (χ3v) is 5.22. The predicted octanol–water partition coefficient (Wildman–Crippen LogP) is 4.97. The Kier molecular flexibility index (Phi) is 3.72. The van der Waals surface area contributed by atoms with Gasteiger partial charge in [-0.25, -0.2) is 0 Å². The Balaban J connectivity index is 1.57. The van der Waals surface area contributed by atoms with E-state index in [1.54, 1.807) is 0 Å². The van der Waals surface area contributed by atoms with Crippen molar-refractivity contribution in [2.45, 2.75) is 37.6 Å². The van der Waals surface area contributed by atoms with E-state index < -0.39 is 0 Å². The minimum atomic E-state index is 0.675.